The van der Waals surface area contributed by atoms with Gasteiger partial charge in [-0.25, -0.2) is 0 Å². The second-order valence-corrected chi connectivity index (χ2v) is 6.37. The Labute approximate surface area is 134 Å². The van der Waals surface area contributed by atoms with Crippen LogP contribution in [0.2, 0.25) is 5.02 Å². The maximum atomic E-state index is 12.4. The molecular formula is C13H14Br2ClNO2. The third kappa shape index (κ3) is 3.51. The van der Waals surface area contributed by atoms with E-state index in [2.05, 4.69) is 37.2 Å². The van der Waals surface area contributed by atoms with E-state index >= 15 is 0 Å². The first-order valence-corrected chi connectivity index (χ1v) is 8.27. The number of rotatable bonds is 3. The van der Waals surface area contributed by atoms with Gasteiger partial charge in [0.15, 0.2) is 0 Å². The number of carbonyl (C=O) groups excluding carboxylic acids is 1. The summed E-state index contributed by atoms with van der Waals surface area (Å²) in [5, 5.41) is 4.25. The van der Waals surface area contributed by atoms with Crippen molar-refractivity contribution < 1.29 is 9.53 Å². The molecule has 6 heteroatoms. The fraction of sp³-hybridized carbons (Fsp3) is 0.462. The third-order valence-corrected chi connectivity index (χ3v) is 5.65. The highest BCUT2D eigenvalue weighted by Crippen LogP contribution is 2.28. The maximum absolute atomic E-state index is 12.4. The Hall–Kier alpha value is -0.100. The average Bonchev–Trinajstić information content (AvgIpc) is 2.42. The van der Waals surface area contributed by atoms with Gasteiger partial charge in [-0.15, -0.1) is 0 Å². The molecule has 0 unspecified atom stereocenters. The zero-order chi connectivity index (χ0) is 13.9. The second-order valence-electron chi connectivity index (χ2n) is 4.58. The molecule has 0 radical (unpaired) electrons. The molecule has 0 spiro atoms. The maximum Gasteiger partial charge on any atom is 0.253 e. The van der Waals surface area contributed by atoms with E-state index in [4.69, 9.17) is 16.3 Å². The first-order chi connectivity index (χ1) is 9.08. The fourth-order valence-electron chi connectivity index (χ4n) is 2.04. The molecule has 1 fully saturated rings. The Morgan fingerprint density at radius 2 is 2.11 bits per heavy atom. The van der Waals surface area contributed by atoms with Gasteiger partial charge in [-0.1, -0.05) is 33.6 Å². The Morgan fingerprint density at radius 1 is 1.42 bits per heavy atom. The zero-order valence-electron chi connectivity index (χ0n) is 10.2. The number of alkyl halides is 1. The molecule has 0 bridgehead atoms. The highest BCUT2D eigenvalue weighted by Gasteiger charge is 2.33. The van der Waals surface area contributed by atoms with Gasteiger partial charge in [-0.2, -0.15) is 0 Å². The van der Waals surface area contributed by atoms with Crippen LogP contribution in [0.3, 0.4) is 0 Å². The lowest BCUT2D eigenvalue weighted by Gasteiger charge is -2.36. The molecule has 0 atom stereocenters. The molecular weight excluding hydrogens is 397 g/mol. The van der Waals surface area contributed by atoms with Crippen LogP contribution in [0.4, 0.5) is 0 Å². The van der Waals surface area contributed by atoms with E-state index in [0.717, 1.165) is 17.3 Å². The Balaban J connectivity index is 2.17. The van der Waals surface area contributed by atoms with E-state index in [9.17, 15) is 4.79 Å². The number of nitrogens with one attached hydrogen (secondary N) is 1. The van der Waals surface area contributed by atoms with Gasteiger partial charge in [0, 0.05) is 23.0 Å². The summed E-state index contributed by atoms with van der Waals surface area (Å²) in [6, 6.07) is 5.34. The fourth-order valence-corrected chi connectivity index (χ4v) is 3.32. The van der Waals surface area contributed by atoms with Crippen LogP contribution in [0.5, 0.6) is 0 Å². The minimum Gasteiger partial charge on any atom is -0.381 e. The van der Waals surface area contributed by atoms with Crippen molar-refractivity contribution in [1.82, 2.24) is 5.32 Å². The lowest BCUT2D eigenvalue weighted by atomic mass is 9.92. The van der Waals surface area contributed by atoms with Crippen molar-refractivity contribution in [3.8, 4) is 0 Å². The number of hydrogen-bond acceptors (Lipinski definition) is 2. The van der Waals surface area contributed by atoms with Crippen LogP contribution < -0.4 is 5.32 Å². The molecule has 1 heterocycles. The number of hydrogen-bond donors (Lipinski definition) is 1. The van der Waals surface area contributed by atoms with Crippen molar-refractivity contribution in [2.24, 2.45) is 0 Å². The van der Waals surface area contributed by atoms with Crippen LogP contribution in [-0.4, -0.2) is 30.0 Å². The molecule has 0 aromatic heterocycles. The molecule has 19 heavy (non-hydrogen) atoms. The van der Waals surface area contributed by atoms with E-state index in [-0.39, 0.29) is 11.4 Å². The topological polar surface area (TPSA) is 38.3 Å². The SMILES string of the molecule is O=C(NC1(CBr)CCOCC1)c1cccc(Br)c1Cl. The minimum absolute atomic E-state index is 0.146. The quantitative estimate of drug-likeness (QED) is 0.769. The second kappa shape index (κ2) is 6.57. The van der Waals surface area contributed by atoms with Crippen molar-refractivity contribution in [3.05, 3.63) is 33.3 Å². The molecule has 1 aliphatic rings. The highest BCUT2D eigenvalue weighted by atomic mass is 79.9. The molecule has 3 nitrogen and oxygen atoms in total. The van der Waals surface area contributed by atoms with E-state index < -0.39 is 0 Å². The molecule has 1 saturated heterocycles. The first kappa shape index (κ1) is 15.3. The number of benzene rings is 1. The van der Waals surface area contributed by atoms with Crippen LogP contribution in [0, 0.1) is 0 Å². The molecule has 1 aromatic carbocycles. The smallest absolute Gasteiger partial charge is 0.253 e. The zero-order valence-corrected chi connectivity index (χ0v) is 14.1. The summed E-state index contributed by atoms with van der Waals surface area (Å²) < 4.78 is 6.07. The molecule has 2 rings (SSSR count). The molecule has 1 amide bonds. The van der Waals surface area contributed by atoms with Crippen LogP contribution in [0.1, 0.15) is 23.2 Å². The van der Waals surface area contributed by atoms with Crippen molar-refractivity contribution in [2.45, 2.75) is 18.4 Å². The first-order valence-electron chi connectivity index (χ1n) is 5.98. The number of ether oxygens (including phenoxy) is 1. The van der Waals surface area contributed by atoms with Gasteiger partial charge in [0.1, 0.15) is 0 Å². The van der Waals surface area contributed by atoms with Gasteiger partial charge in [0.05, 0.1) is 16.1 Å². The van der Waals surface area contributed by atoms with Crippen LogP contribution >= 0.6 is 43.5 Å². The number of amides is 1. The van der Waals surface area contributed by atoms with Gasteiger partial charge >= 0.3 is 0 Å². The summed E-state index contributed by atoms with van der Waals surface area (Å²) in [5.41, 5.74) is 0.240. The molecule has 1 aliphatic heterocycles. The van der Waals surface area contributed by atoms with Crippen molar-refractivity contribution in [1.29, 1.82) is 0 Å². The van der Waals surface area contributed by atoms with Crippen molar-refractivity contribution in [2.75, 3.05) is 18.5 Å². The van der Waals surface area contributed by atoms with Crippen LogP contribution in [0.25, 0.3) is 0 Å². The van der Waals surface area contributed by atoms with Gasteiger partial charge in [0.25, 0.3) is 5.91 Å². The van der Waals surface area contributed by atoms with Gasteiger partial charge in [-0.3, -0.25) is 4.79 Å². The Kier molecular flexibility index (Phi) is 5.29. The lowest BCUT2D eigenvalue weighted by Crippen LogP contribution is -2.53. The van der Waals surface area contributed by atoms with E-state index in [0.29, 0.717) is 29.1 Å². The Morgan fingerprint density at radius 3 is 2.74 bits per heavy atom. The highest BCUT2D eigenvalue weighted by molar-refractivity contribution is 9.10. The summed E-state index contributed by atoms with van der Waals surface area (Å²) in [6.45, 7) is 1.33. The predicted octanol–water partition coefficient (Wildman–Crippen LogP) is 3.78. The Bertz CT molecular complexity index is 476. The average molecular weight is 412 g/mol. The van der Waals surface area contributed by atoms with Crippen LogP contribution in [0.15, 0.2) is 22.7 Å². The standard InChI is InChI=1S/C13H14Br2ClNO2/c14-8-13(4-6-19-7-5-13)17-12(18)9-2-1-3-10(15)11(9)16/h1-3H,4-8H2,(H,17,18). The largest absolute Gasteiger partial charge is 0.381 e. The third-order valence-electron chi connectivity index (χ3n) is 3.28. The normalized spacial score (nSPS) is 18.1. The molecule has 0 saturated carbocycles. The van der Waals surface area contributed by atoms with E-state index in [1.807, 2.05) is 6.07 Å². The van der Waals surface area contributed by atoms with E-state index in [1.165, 1.54) is 0 Å². The minimum atomic E-state index is -0.249. The van der Waals surface area contributed by atoms with Crippen LogP contribution in [-0.2, 0) is 4.74 Å². The number of halogens is 3. The number of carbonyl (C=O) groups is 1. The summed E-state index contributed by atoms with van der Waals surface area (Å²) in [5.74, 6) is -0.146. The van der Waals surface area contributed by atoms with Crippen molar-refractivity contribution >= 4 is 49.4 Å². The molecule has 1 aromatic rings. The van der Waals surface area contributed by atoms with Crippen molar-refractivity contribution in [3.63, 3.8) is 0 Å². The van der Waals surface area contributed by atoms with Gasteiger partial charge < -0.3 is 10.1 Å². The van der Waals surface area contributed by atoms with E-state index in [1.54, 1.807) is 12.1 Å². The predicted molar refractivity (Wildman–Crippen MR) is 83.2 cm³/mol. The lowest BCUT2D eigenvalue weighted by molar-refractivity contribution is 0.0442. The summed E-state index contributed by atoms with van der Waals surface area (Å²) in [7, 11) is 0. The summed E-state index contributed by atoms with van der Waals surface area (Å²) in [4.78, 5) is 12.4. The molecule has 104 valence electrons. The monoisotopic (exact) mass is 409 g/mol. The van der Waals surface area contributed by atoms with Gasteiger partial charge in [-0.05, 0) is 40.9 Å². The molecule has 1 N–H and O–H groups in total. The summed E-state index contributed by atoms with van der Waals surface area (Å²) >= 11 is 13.0. The molecule has 0 aliphatic carbocycles. The van der Waals surface area contributed by atoms with Gasteiger partial charge in [0.2, 0.25) is 0 Å². The summed E-state index contributed by atoms with van der Waals surface area (Å²) in [6.07, 6.45) is 1.60.